The molecule has 138 valence electrons. The number of ether oxygens (including phenoxy) is 2. The summed E-state index contributed by atoms with van der Waals surface area (Å²) in [5, 5.41) is 0. The van der Waals surface area contributed by atoms with E-state index in [4.69, 9.17) is 9.47 Å². The predicted octanol–water partition coefficient (Wildman–Crippen LogP) is 1.23. The molecule has 1 saturated heterocycles. The highest BCUT2D eigenvalue weighted by Gasteiger charge is 2.30. The van der Waals surface area contributed by atoms with Gasteiger partial charge in [-0.05, 0) is 31.0 Å². The lowest BCUT2D eigenvalue weighted by molar-refractivity contribution is -0.148. The fourth-order valence-corrected chi connectivity index (χ4v) is 3.53. The summed E-state index contributed by atoms with van der Waals surface area (Å²) in [6.07, 6.45) is 1.80. The Kier molecular flexibility index (Phi) is 6.12. The SMILES string of the molecule is COc1ccc(F)cc1C(=O)COC(=O)C1CCN(S(C)(=O)=O)CC1. The van der Waals surface area contributed by atoms with Crippen molar-refractivity contribution in [1.82, 2.24) is 4.31 Å². The van der Waals surface area contributed by atoms with Gasteiger partial charge in [0.15, 0.2) is 6.61 Å². The van der Waals surface area contributed by atoms with Crippen LogP contribution in [-0.2, 0) is 19.6 Å². The van der Waals surface area contributed by atoms with Crippen LogP contribution >= 0.6 is 0 Å². The van der Waals surface area contributed by atoms with Gasteiger partial charge in [0.25, 0.3) is 0 Å². The number of piperidine rings is 1. The minimum absolute atomic E-state index is 0.00203. The van der Waals surface area contributed by atoms with Crippen LogP contribution in [0.3, 0.4) is 0 Å². The highest BCUT2D eigenvalue weighted by Crippen LogP contribution is 2.22. The predicted molar refractivity (Wildman–Crippen MR) is 87.4 cm³/mol. The number of sulfonamides is 1. The fourth-order valence-electron chi connectivity index (χ4n) is 2.65. The second-order valence-corrected chi connectivity index (χ2v) is 7.79. The molecule has 1 aliphatic rings. The topological polar surface area (TPSA) is 90.0 Å². The molecule has 0 saturated carbocycles. The van der Waals surface area contributed by atoms with Crippen molar-refractivity contribution >= 4 is 21.8 Å². The van der Waals surface area contributed by atoms with Crippen molar-refractivity contribution in [2.45, 2.75) is 12.8 Å². The summed E-state index contributed by atoms with van der Waals surface area (Å²) >= 11 is 0. The van der Waals surface area contributed by atoms with Gasteiger partial charge in [0, 0.05) is 13.1 Å². The first kappa shape index (κ1) is 19.3. The molecule has 1 aromatic carbocycles. The van der Waals surface area contributed by atoms with Crippen LogP contribution < -0.4 is 4.74 Å². The number of methoxy groups -OCH3 is 1. The number of nitrogens with zero attached hydrogens (tertiary/aromatic N) is 1. The highest BCUT2D eigenvalue weighted by atomic mass is 32.2. The average Bonchev–Trinajstić information content (AvgIpc) is 2.58. The Labute approximate surface area is 145 Å². The third-order valence-corrected chi connectivity index (χ3v) is 5.37. The number of carbonyl (C=O) groups is 2. The number of halogens is 1. The number of rotatable bonds is 6. The molecule has 0 unspecified atom stereocenters. The third kappa shape index (κ3) is 4.99. The van der Waals surface area contributed by atoms with Gasteiger partial charge in [-0.3, -0.25) is 9.59 Å². The van der Waals surface area contributed by atoms with Gasteiger partial charge >= 0.3 is 5.97 Å². The normalized spacial score (nSPS) is 16.4. The molecule has 1 aliphatic heterocycles. The van der Waals surface area contributed by atoms with Crippen LogP contribution in [0.2, 0.25) is 0 Å². The maximum absolute atomic E-state index is 13.3. The summed E-state index contributed by atoms with van der Waals surface area (Å²) in [6, 6.07) is 3.52. The zero-order valence-corrected chi connectivity index (χ0v) is 14.8. The molecule has 0 atom stereocenters. The van der Waals surface area contributed by atoms with Crippen molar-refractivity contribution in [2.75, 3.05) is 33.1 Å². The molecule has 9 heteroatoms. The van der Waals surface area contributed by atoms with Crippen LogP contribution in [0.4, 0.5) is 4.39 Å². The third-order valence-electron chi connectivity index (χ3n) is 4.06. The van der Waals surface area contributed by atoms with Crippen LogP contribution in [-0.4, -0.2) is 57.5 Å². The van der Waals surface area contributed by atoms with Gasteiger partial charge in [-0.15, -0.1) is 0 Å². The lowest BCUT2D eigenvalue weighted by Crippen LogP contribution is -2.40. The first-order chi connectivity index (χ1) is 11.7. The Morgan fingerprint density at radius 1 is 1.28 bits per heavy atom. The molecule has 0 bridgehead atoms. The van der Waals surface area contributed by atoms with E-state index >= 15 is 0 Å². The summed E-state index contributed by atoms with van der Waals surface area (Å²) < 4.78 is 47.5. The minimum Gasteiger partial charge on any atom is -0.496 e. The molecule has 7 nitrogen and oxygen atoms in total. The van der Waals surface area contributed by atoms with Crippen molar-refractivity contribution in [1.29, 1.82) is 0 Å². The Morgan fingerprint density at radius 2 is 1.92 bits per heavy atom. The molecular formula is C16H20FNO6S. The quantitative estimate of drug-likeness (QED) is 0.550. The lowest BCUT2D eigenvalue weighted by atomic mass is 9.98. The molecule has 0 radical (unpaired) electrons. The number of ketones is 1. The Morgan fingerprint density at radius 3 is 2.48 bits per heavy atom. The average molecular weight is 373 g/mol. The van der Waals surface area contributed by atoms with Crippen molar-refractivity contribution in [3.8, 4) is 5.75 Å². The Balaban J connectivity index is 1.90. The van der Waals surface area contributed by atoms with E-state index in [0.717, 1.165) is 18.4 Å². The van der Waals surface area contributed by atoms with Gasteiger partial charge in [0.2, 0.25) is 15.8 Å². The van der Waals surface area contributed by atoms with E-state index in [9.17, 15) is 22.4 Å². The van der Waals surface area contributed by atoms with Crippen molar-refractivity contribution < 1.29 is 31.9 Å². The van der Waals surface area contributed by atoms with Crippen molar-refractivity contribution in [3.63, 3.8) is 0 Å². The van der Waals surface area contributed by atoms with Gasteiger partial charge in [0.05, 0.1) is 24.8 Å². The summed E-state index contributed by atoms with van der Waals surface area (Å²) in [6.45, 7) is -0.0422. The molecule has 0 aliphatic carbocycles. The molecule has 25 heavy (non-hydrogen) atoms. The summed E-state index contributed by atoms with van der Waals surface area (Å²) in [7, 11) is -1.92. The van der Waals surface area contributed by atoms with Gasteiger partial charge in [0.1, 0.15) is 11.6 Å². The molecule has 1 aromatic rings. The number of benzene rings is 1. The zero-order valence-electron chi connectivity index (χ0n) is 14.0. The lowest BCUT2D eigenvalue weighted by Gasteiger charge is -2.28. The highest BCUT2D eigenvalue weighted by molar-refractivity contribution is 7.88. The molecule has 1 fully saturated rings. The first-order valence-corrected chi connectivity index (χ1v) is 9.55. The molecule has 0 aromatic heterocycles. The van der Waals surface area contributed by atoms with Gasteiger partial charge < -0.3 is 9.47 Å². The monoisotopic (exact) mass is 373 g/mol. The van der Waals surface area contributed by atoms with E-state index in [2.05, 4.69) is 0 Å². The van der Waals surface area contributed by atoms with Gasteiger partial charge in [-0.1, -0.05) is 0 Å². The first-order valence-electron chi connectivity index (χ1n) is 7.71. The zero-order chi connectivity index (χ0) is 18.6. The summed E-state index contributed by atoms with van der Waals surface area (Å²) in [4.78, 5) is 24.2. The Bertz CT molecular complexity index is 756. The van der Waals surface area contributed by atoms with Crippen LogP contribution in [0.5, 0.6) is 5.75 Å². The summed E-state index contributed by atoms with van der Waals surface area (Å²) in [5.74, 6) is -1.98. The second kappa shape index (κ2) is 7.92. The standard InChI is InChI=1S/C16H20FNO6S/c1-23-15-4-3-12(17)9-13(15)14(19)10-24-16(20)11-5-7-18(8-6-11)25(2,21)22/h3-4,9,11H,5-8,10H2,1-2H3. The molecular weight excluding hydrogens is 353 g/mol. The van der Waals surface area contributed by atoms with Crippen LogP contribution in [0.25, 0.3) is 0 Å². The van der Waals surface area contributed by atoms with E-state index in [1.165, 1.54) is 17.5 Å². The maximum atomic E-state index is 13.3. The van der Waals surface area contributed by atoms with Crippen molar-refractivity contribution in [3.05, 3.63) is 29.6 Å². The van der Waals surface area contributed by atoms with E-state index < -0.39 is 40.1 Å². The number of hydrogen-bond donors (Lipinski definition) is 0. The largest absolute Gasteiger partial charge is 0.496 e. The summed E-state index contributed by atoms with van der Waals surface area (Å²) in [5.41, 5.74) is 0.00203. The van der Waals surface area contributed by atoms with E-state index in [0.29, 0.717) is 12.8 Å². The van der Waals surface area contributed by atoms with E-state index in [-0.39, 0.29) is 24.4 Å². The minimum atomic E-state index is -3.27. The molecule has 0 amide bonds. The van der Waals surface area contributed by atoms with Crippen LogP contribution in [0.1, 0.15) is 23.2 Å². The van der Waals surface area contributed by atoms with E-state index in [1.54, 1.807) is 0 Å². The van der Waals surface area contributed by atoms with Crippen molar-refractivity contribution in [2.24, 2.45) is 5.92 Å². The number of hydrogen-bond acceptors (Lipinski definition) is 6. The maximum Gasteiger partial charge on any atom is 0.309 e. The van der Waals surface area contributed by atoms with Gasteiger partial charge in [-0.2, -0.15) is 0 Å². The molecule has 2 rings (SSSR count). The number of carbonyl (C=O) groups excluding carboxylic acids is 2. The molecule has 1 heterocycles. The smallest absolute Gasteiger partial charge is 0.309 e. The van der Waals surface area contributed by atoms with E-state index in [1.807, 2.05) is 0 Å². The Hall–Kier alpha value is -2.00. The molecule has 0 N–H and O–H groups in total. The van der Waals surface area contributed by atoms with Gasteiger partial charge in [-0.25, -0.2) is 17.1 Å². The fraction of sp³-hybridized carbons (Fsp3) is 0.500. The van der Waals surface area contributed by atoms with Crippen LogP contribution in [0, 0.1) is 11.7 Å². The number of esters is 1. The molecule has 0 spiro atoms. The number of Topliss-reactive ketones (excluding diaryl/α,β-unsaturated/α-hetero) is 1. The second-order valence-electron chi connectivity index (χ2n) is 5.81. The van der Waals surface area contributed by atoms with Crippen LogP contribution in [0.15, 0.2) is 18.2 Å².